The molecular formula is C17H33NO. The first-order chi connectivity index (χ1) is 9.23. The first-order valence-corrected chi connectivity index (χ1v) is 8.51. The largest absolute Gasteiger partial charge is 0.381 e. The lowest BCUT2D eigenvalue weighted by Crippen LogP contribution is -2.47. The Morgan fingerprint density at radius 1 is 1.11 bits per heavy atom. The van der Waals surface area contributed by atoms with Gasteiger partial charge < -0.3 is 10.1 Å². The van der Waals surface area contributed by atoms with Gasteiger partial charge in [0.15, 0.2) is 0 Å². The zero-order chi connectivity index (χ0) is 13.6. The average molecular weight is 267 g/mol. The zero-order valence-electron chi connectivity index (χ0n) is 13.0. The van der Waals surface area contributed by atoms with Gasteiger partial charge in [-0.2, -0.15) is 0 Å². The fourth-order valence-corrected chi connectivity index (χ4v) is 3.98. The van der Waals surface area contributed by atoms with Gasteiger partial charge in [0.05, 0.1) is 6.61 Å². The molecule has 1 atom stereocenters. The van der Waals surface area contributed by atoms with Crippen LogP contribution in [0.1, 0.15) is 65.2 Å². The Morgan fingerprint density at radius 2 is 1.84 bits per heavy atom. The first kappa shape index (κ1) is 15.3. The Labute approximate surface area is 119 Å². The molecule has 2 nitrogen and oxygen atoms in total. The maximum Gasteiger partial charge on any atom is 0.0537 e. The van der Waals surface area contributed by atoms with Gasteiger partial charge in [-0.3, -0.25) is 0 Å². The Hall–Kier alpha value is -0.0800. The summed E-state index contributed by atoms with van der Waals surface area (Å²) in [6.45, 7) is 8.90. The zero-order valence-corrected chi connectivity index (χ0v) is 13.0. The third-order valence-electron chi connectivity index (χ3n) is 5.10. The predicted octanol–water partition coefficient (Wildman–Crippen LogP) is 4.00. The van der Waals surface area contributed by atoms with Crippen LogP contribution in [0.2, 0.25) is 0 Å². The van der Waals surface area contributed by atoms with E-state index >= 15 is 0 Å². The molecule has 1 saturated carbocycles. The highest BCUT2D eigenvalue weighted by Crippen LogP contribution is 2.42. The topological polar surface area (TPSA) is 21.3 Å². The van der Waals surface area contributed by atoms with Crippen LogP contribution in [0.15, 0.2) is 0 Å². The van der Waals surface area contributed by atoms with Gasteiger partial charge in [-0.1, -0.05) is 39.5 Å². The molecule has 0 bridgehead atoms. The van der Waals surface area contributed by atoms with E-state index in [2.05, 4.69) is 19.2 Å². The first-order valence-electron chi connectivity index (χ1n) is 8.51. The number of rotatable bonds is 5. The van der Waals surface area contributed by atoms with Crippen molar-refractivity contribution >= 4 is 0 Å². The summed E-state index contributed by atoms with van der Waals surface area (Å²) in [4.78, 5) is 0. The lowest BCUT2D eigenvalue weighted by Gasteiger charge is -2.44. The second-order valence-corrected chi connectivity index (χ2v) is 7.23. The van der Waals surface area contributed by atoms with Gasteiger partial charge in [-0.05, 0) is 44.1 Å². The minimum Gasteiger partial charge on any atom is -0.381 e. The van der Waals surface area contributed by atoms with Gasteiger partial charge in [-0.25, -0.2) is 0 Å². The standard InChI is InChI=1S/C17H33NO/c1-15(2)12-18-13-17(10-7-11-19-14-17)16-8-5-3-4-6-9-16/h15-16,18H,3-14H2,1-2H3. The van der Waals surface area contributed by atoms with Crippen LogP contribution >= 0.6 is 0 Å². The summed E-state index contributed by atoms with van der Waals surface area (Å²) in [5.41, 5.74) is 0.442. The number of nitrogens with one attached hydrogen (secondary N) is 1. The minimum absolute atomic E-state index is 0.442. The second kappa shape index (κ2) is 7.64. The van der Waals surface area contributed by atoms with E-state index in [1.807, 2.05) is 0 Å². The molecule has 0 aromatic heterocycles. The van der Waals surface area contributed by atoms with E-state index in [4.69, 9.17) is 4.74 Å². The van der Waals surface area contributed by atoms with Gasteiger partial charge in [0.2, 0.25) is 0 Å². The van der Waals surface area contributed by atoms with E-state index in [9.17, 15) is 0 Å². The molecule has 1 unspecified atom stereocenters. The van der Waals surface area contributed by atoms with Crippen molar-refractivity contribution in [2.45, 2.75) is 65.2 Å². The van der Waals surface area contributed by atoms with E-state index in [-0.39, 0.29) is 0 Å². The smallest absolute Gasteiger partial charge is 0.0537 e. The Bertz CT molecular complexity index is 238. The third kappa shape index (κ3) is 4.46. The van der Waals surface area contributed by atoms with Crippen molar-refractivity contribution in [2.75, 3.05) is 26.3 Å². The summed E-state index contributed by atoms with van der Waals surface area (Å²) in [6.07, 6.45) is 11.3. The van der Waals surface area contributed by atoms with Crippen molar-refractivity contribution in [3.05, 3.63) is 0 Å². The molecule has 0 spiro atoms. The quantitative estimate of drug-likeness (QED) is 0.760. The second-order valence-electron chi connectivity index (χ2n) is 7.23. The fraction of sp³-hybridized carbons (Fsp3) is 1.00. The van der Waals surface area contributed by atoms with Crippen LogP contribution in [0.25, 0.3) is 0 Å². The molecule has 1 saturated heterocycles. The summed E-state index contributed by atoms with van der Waals surface area (Å²) in [5, 5.41) is 3.73. The minimum atomic E-state index is 0.442. The van der Waals surface area contributed by atoms with E-state index in [1.54, 1.807) is 0 Å². The Morgan fingerprint density at radius 3 is 2.42 bits per heavy atom. The van der Waals surface area contributed by atoms with Crippen molar-refractivity contribution in [1.82, 2.24) is 5.32 Å². The molecule has 0 aromatic rings. The van der Waals surface area contributed by atoms with Gasteiger partial charge in [-0.15, -0.1) is 0 Å². The van der Waals surface area contributed by atoms with Gasteiger partial charge in [0.25, 0.3) is 0 Å². The van der Waals surface area contributed by atoms with Crippen molar-refractivity contribution in [3.63, 3.8) is 0 Å². The molecule has 0 radical (unpaired) electrons. The maximum absolute atomic E-state index is 5.90. The van der Waals surface area contributed by atoms with Crippen LogP contribution in [0, 0.1) is 17.3 Å². The molecule has 1 N–H and O–H groups in total. The Kier molecular flexibility index (Phi) is 6.15. The van der Waals surface area contributed by atoms with Crippen molar-refractivity contribution in [3.8, 4) is 0 Å². The molecule has 2 rings (SSSR count). The van der Waals surface area contributed by atoms with E-state index in [0.29, 0.717) is 5.41 Å². The summed E-state index contributed by atoms with van der Waals surface area (Å²) in [7, 11) is 0. The maximum atomic E-state index is 5.90. The van der Waals surface area contributed by atoms with Crippen LogP contribution in [0.3, 0.4) is 0 Å². The fourth-order valence-electron chi connectivity index (χ4n) is 3.98. The molecule has 19 heavy (non-hydrogen) atoms. The molecular weight excluding hydrogens is 234 g/mol. The normalized spacial score (nSPS) is 30.5. The monoisotopic (exact) mass is 267 g/mol. The highest BCUT2D eigenvalue weighted by Gasteiger charge is 2.40. The van der Waals surface area contributed by atoms with Crippen LogP contribution in [-0.2, 0) is 4.74 Å². The third-order valence-corrected chi connectivity index (χ3v) is 5.10. The molecule has 112 valence electrons. The molecule has 2 heteroatoms. The molecule has 1 aliphatic heterocycles. The average Bonchev–Trinajstić information content (AvgIpc) is 2.68. The van der Waals surface area contributed by atoms with Crippen LogP contribution in [-0.4, -0.2) is 26.3 Å². The highest BCUT2D eigenvalue weighted by atomic mass is 16.5. The van der Waals surface area contributed by atoms with Crippen LogP contribution < -0.4 is 5.32 Å². The molecule has 0 aromatic carbocycles. The summed E-state index contributed by atoms with van der Waals surface area (Å²) in [5.74, 6) is 1.64. The van der Waals surface area contributed by atoms with E-state index in [0.717, 1.165) is 31.6 Å². The summed E-state index contributed by atoms with van der Waals surface area (Å²) < 4.78 is 5.90. The number of hydrogen-bond donors (Lipinski definition) is 1. The molecule has 0 amide bonds. The van der Waals surface area contributed by atoms with Crippen molar-refractivity contribution in [2.24, 2.45) is 17.3 Å². The summed E-state index contributed by atoms with van der Waals surface area (Å²) in [6, 6.07) is 0. The molecule has 1 heterocycles. The SMILES string of the molecule is CC(C)CNCC1(C2CCCCCC2)CCCOC1. The Balaban J connectivity index is 1.95. The molecule has 2 aliphatic rings. The predicted molar refractivity (Wildman–Crippen MR) is 81.4 cm³/mol. The lowest BCUT2D eigenvalue weighted by atomic mass is 9.68. The van der Waals surface area contributed by atoms with Crippen molar-refractivity contribution < 1.29 is 4.74 Å². The van der Waals surface area contributed by atoms with Crippen LogP contribution in [0.4, 0.5) is 0 Å². The van der Waals surface area contributed by atoms with Crippen molar-refractivity contribution in [1.29, 1.82) is 0 Å². The number of hydrogen-bond acceptors (Lipinski definition) is 2. The highest BCUT2D eigenvalue weighted by molar-refractivity contribution is 4.91. The van der Waals surface area contributed by atoms with Gasteiger partial charge >= 0.3 is 0 Å². The number of ether oxygens (including phenoxy) is 1. The lowest BCUT2D eigenvalue weighted by molar-refractivity contribution is -0.0459. The molecule has 1 aliphatic carbocycles. The van der Waals surface area contributed by atoms with E-state index in [1.165, 1.54) is 57.9 Å². The van der Waals surface area contributed by atoms with Gasteiger partial charge in [0, 0.05) is 18.6 Å². The van der Waals surface area contributed by atoms with Crippen LogP contribution in [0.5, 0.6) is 0 Å². The van der Waals surface area contributed by atoms with E-state index < -0.39 is 0 Å². The molecule has 2 fully saturated rings. The van der Waals surface area contributed by atoms with Gasteiger partial charge in [0.1, 0.15) is 0 Å². The summed E-state index contributed by atoms with van der Waals surface area (Å²) >= 11 is 0.